The summed E-state index contributed by atoms with van der Waals surface area (Å²) in [5.74, 6) is 0.117. The van der Waals surface area contributed by atoms with E-state index in [0.717, 1.165) is 6.07 Å². The summed E-state index contributed by atoms with van der Waals surface area (Å²) in [4.78, 5) is 3.93. The molecule has 0 bridgehead atoms. The first kappa shape index (κ1) is 13.6. The van der Waals surface area contributed by atoms with E-state index in [1.54, 1.807) is 0 Å². The van der Waals surface area contributed by atoms with Gasteiger partial charge in [0, 0.05) is 17.8 Å². The molecular formula is C9H3Br2F3INO. The highest BCUT2D eigenvalue weighted by Crippen LogP contribution is 2.52. The topological polar surface area (TPSA) is 21.6 Å². The molecule has 0 N–H and O–H groups in total. The number of alkyl halides is 5. The molecule has 0 aromatic heterocycles. The lowest BCUT2D eigenvalue weighted by atomic mass is 10.0. The van der Waals surface area contributed by atoms with Crippen LogP contribution in [-0.2, 0) is 9.41 Å². The van der Waals surface area contributed by atoms with E-state index in [0.29, 0.717) is 0 Å². The molecule has 0 unspecified atom stereocenters. The molecule has 0 saturated heterocycles. The maximum Gasteiger partial charge on any atom is 0.416 e. The average Bonchev–Trinajstić information content (AvgIpc) is 2.52. The second-order valence-electron chi connectivity index (χ2n) is 3.32. The van der Waals surface area contributed by atoms with Crippen molar-refractivity contribution in [3.63, 3.8) is 0 Å². The first-order valence-electron chi connectivity index (χ1n) is 4.23. The molecule has 0 saturated carbocycles. The van der Waals surface area contributed by atoms with Crippen LogP contribution in [0.5, 0.6) is 5.75 Å². The minimum atomic E-state index is -4.46. The lowest BCUT2D eigenvalue weighted by Gasteiger charge is -2.19. The Morgan fingerprint density at radius 1 is 1.29 bits per heavy atom. The van der Waals surface area contributed by atoms with Gasteiger partial charge in [-0.15, -0.1) is 0 Å². The van der Waals surface area contributed by atoms with Crippen LogP contribution in [0, 0.1) is 0 Å². The normalized spacial score (nSPS) is 17.1. The van der Waals surface area contributed by atoms with Crippen molar-refractivity contribution >= 4 is 66.8 Å². The Labute approximate surface area is 126 Å². The SMILES string of the molecule is FC(F)(F)c1cc(OI)cc2c1C(Br)(Br)C=N2. The van der Waals surface area contributed by atoms with Gasteiger partial charge in [0.1, 0.15) is 8.98 Å². The molecule has 0 fully saturated rings. The van der Waals surface area contributed by atoms with E-state index in [1.165, 1.54) is 35.3 Å². The monoisotopic (exact) mass is 483 g/mol. The Kier molecular flexibility index (Phi) is 3.50. The molecule has 8 heteroatoms. The fourth-order valence-corrected chi connectivity index (χ4v) is 2.83. The van der Waals surface area contributed by atoms with Crippen molar-refractivity contribution in [1.82, 2.24) is 0 Å². The minimum Gasteiger partial charge on any atom is -0.428 e. The predicted octanol–water partition coefficient (Wildman–Crippen LogP) is 5.09. The summed E-state index contributed by atoms with van der Waals surface area (Å²) in [6, 6.07) is 2.41. The van der Waals surface area contributed by atoms with Crippen LogP contribution in [0.15, 0.2) is 17.1 Å². The van der Waals surface area contributed by atoms with Crippen LogP contribution in [-0.4, -0.2) is 6.21 Å². The van der Waals surface area contributed by atoms with Gasteiger partial charge >= 0.3 is 6.18 Å². The summed E-state index contributed by atoms with van der Waals surface area (Å²) in [5.41, 5.74) is -0.490. The number of hydrogen-bond donors (Lipinski definition) is 0. The van der Waals surface area contributed by atoms with Crippen molar-refractivity contribution in [2.45, 2.75) is 9.41 Å². The van der Waals surface area contributed by atoms with Gasteiger partial charge in [-0.1, -0.05) is 31.9 Å². The van der Waals surface area contributed by atoms with E-state index in [-0.39, 0.29) is 17.0 Å². The number of hydrogen-bond acceptors (Lipinski definition) is 2. The Morgan fingerprint density at radius 2 is 1.94 bits per heavy atom. The zero-order valence-corrected chi connectivity index (χ0v) is 13.2. The molecule has 1 aliphatic heterocycles. The highest BCUT2D eigenvalue weighted by molar-refractivity contribution is 14.1. The summed E-state index contributed by atoms with van der Waals surface area (Å²) in [6.45, 7) is 0. The van der Waals surface area contributed by atoms with Crippen molar-refractivity contribution in [1.29, 1.82) is 0 Å². The highest BCUT2D eigenvalue weighted by Gasteiger charge is 2.43. The summed E-state index contributed by atoms with van der Waals surface area (Å²) in [6.07, 6.45) is -3.10. The van der Waals surface area contributed by atoms with E-state index in [4.69, 9.17) is 3.07 Å². The molecule has 1 aliphatic rings. The molecule has 0 spiro atoms. The van der Waals surface area contributed by atoms with Crippen LogP contribution in [0.3, 0.4) is 0 Å². The number of fused-ring (bicyclic) bond motifs is 1. The maximum atomic E-state index is 12.9. The van der Waals surface area contributed by atoms with E-state index in [1.807, 2.05) is 0 Å². The predicted molar refractivity (Wildman–Crippen MR) is 73.8 cm³/mol. The summed E-state index contributed by atoms with van der Waals surface area (Å²) in [5, 5.41) is 0. The van der Waals surface area contributed by atoms with E-state index < -0.39 is 15.0 Å². The molecule has 0 atom stereocenters. The first-order valence-corrected chi connectivity index (χ1v) is 6.70. The molecule has 17 heavy (non-hydrogen) atoms. The molecule has 1 heterocycles. The zero-order valence-electron chi connectivity index (χ0n) is 7.86. The first-order chi connectivity index (χ1) is 7.75. The fraction of sp³-hybridized carbons (Fsp3) is 0.222. The number of nitrogens with zero attached hydrogens (tertiary/aromatic N) is 1. The van der Waals surface area contributed by atoms with Crippen LogP contribution in [0.4, 0.5) is 18.9 Å². The van der Waals surface area contributed by atoms with Crippen LogP contribution < -0.4 is 3.07 Å². The van der Waals surface area contributed by atoms with Crippen molar-refractivity contribution in [3.05, 3.63) is 23.3 Å². The van der Waals surface area contributed by atoms with Crippen LogP contribution in [0.2, 0.25) is 0 Å². The molecule has 2 nitrogen and oxygen atoms in total. The average molecular weight is 485 g/mol. The maximum absolute atomic E-state index is 12.9. The summed E-state index contributed by atoms with van der Waals surface area (Å²) in [7, 11) is 0. The van der Waals surface area contributed by atoms with E-state index in [9.17, 15) is 13.2 Å². The van der Waals surface area contributed by atoms with Gasteiger partial charge < -0.3 is 3.07 Å². The largest absolute Gasteiger partial charge is 0.428 e. The van der Waals surface area contributed by atoms with Crippen molar-refractivity contribution in [3.8, 4) is 5.75 Å². The number of benzene rings is 1. The van der Waals surface area contributed by atoms with Gasteiger partial charge in [-0.25, -0.2) is 0 Å². The van der Waals surface area contributed by atoms with Crippen molar-refractivity contribution < 1.29 is 16.2 Å². The third-order valence-corrected chi connectivity index (χ3v) is 3.90. The molecule has 92 valence electrons. The molecular weight excluding hydrogens is 482 g/mol. The molecule has 0 aliphatic carbocycles. The summed E-state index contributed by atoms with van der Waals surface area (Å²) >= 11 is 7.84. The van der Waals surface area contributed by atoms with Gasteiger partial charge in [-0.05, 0) is 6.07 Å². The molecule has 2 rings (SSSR count). The van der Waals surface area contributed by atoms with Gasteiger partial charge in [0.25, 0.3) is 0 Å². The quantitative estimate of drug-likeness (QED) is 0.402. The third-order valence-electron chi connectivity index (χ3n) is 2.18. The Bertz CT molecular complexity index is 502. The molecule has 1 aromatic rings. The number of halogens is 6. The Morgan fingerprint density at radius 3 is 2.47 bits per heavy atom. The lowest BCUT2D eigenvalue weighted by molar-refractivity contribution is -0.138. The van der Waals surface area contributed by atoms with Crippen molar-refractivity contribution in [2.24, 2.45) is 4.99 Å². The molecule has 0 radical (unpaired) electrons. The van der Waals surface area contributed by atoms with Gasteiger partial charge in [-0.2, -0.15) is 13.2 Å². The van der Waals surface area contributed by atoms with Gasteiger partial charge in [0.05, 0.1) is 11.3 Å². The smallest absolute Gasteiger partial charge is 0.416 e. The standard InChI is InChI=1S/C9H3Br2F3INO/c10-8(11)3-16-6-2-4(17-15)1-5(7(6)8)9(12,13)14/h1-3H. The summed E-state index contributed by atoms with van der Waals surface area (Å²) < 4.78 is 42.6. The van der Waals surface area contributed by atoms with E-state index in [2.05, 4.69) is 36.9 Å². The van der Waals surface area contributed by atoms with Gasteiger partial charge in [-0.3, -0.25) is 4.99 Å². The molecule has 1 aromatic carbocycles. The second-order valence-corrected chi connectivity index (χ2v) is 7.33. The van der Waals surface area contributed by atoms with Crippen LogP contribution in [0.25, 0.3) is 0 Å². The van der Waals surface area contributed by atoms with Gasteiger partial charge in [0.15, 0.2) is 23.0 Å². The van der Waals surface area contributed by atoms with Crippen LogP contribution >= 0.6 is 54.9 Å². The zero-order chi connectivity index (χ0) is 12.8. The van der Waals surface area contributed by atoms with E-state index >= 15 is 0 Å². The fourth-order valence-electron chi connectivity index (χ4n) is 1.54. The number of rotatable bonds is 1. The second kappa shape index (κ2) is 4.37. The Hall–Kier alpha value is 0.170. The highest BCUT2D eigenvalue weighted by atomic mass is 127. The van der Waals surface area contributed by atoms with Gasteiger partial charge in [0.2, 0.25) is 0 Å². The van der Waals surface area contributed by atoms with Crippen LogP contribution in [0.1, 0.15) is 11.1 Å². The number of aliphatic imine (C=N–C) groups is 1. The molecule has 0 amide bonds. The lowest BCUT2D eigenvalue weighted by Crippen LogP contribution is -2.16. The Balaban J connectivity index is 2.72. The van der Waals surface area contributed by atoms with Crippen molar-refractivity contribution in [2.75, 3.05) is 0 Å². The third kappa shape index (κ3) is 2.48. The minimum absolute atomic E-state index is 0.0437.